The quantitative estimate of drug-likeness (QED) is 0.624. The summed E-state index contributed by atoms with van der Waals surface area (Å²) in [6, 6.07) is 11.7. The van der Waals surface area contributed by atoms with Gasteiger partial charge in [-0.1, -0.05) is 25.1 Å². The second-order valence-electron chi connectivity index (χ2n) is 6.84. The fourth-order valence-electron chi connectivity index (χ4n) is 2.83. The summed E-state index contributed by atoms with van der Waals surface area (Å²) in [6.07, 6.45) is 4.33. The van der Waals surface area contributed by atoms with Gasteiger partial charge in [-0.15, -0.1) is 0 Å². The molecule has 29 heavy (non-hydrogen) atoms. The first-order valence-electron chi connectivity index (χ1n) is 9.26. The Morgan fingerprint density at radius 2 is 1.83 bits per heavy atom. The van der Waals surface area contributed by atoms with Crippen molar-refractivity contribution in [2.75, 3.05) is 4.72 Å². The molecule has 8 heteroatoms. The molecule has 1 heterocycles. The maximum absolute atomic E-state index is 12.7. The van der Waals surface area contributed by atoms with Gasteiger partial charge in [0.25, 0.3) is 15.9 Å². The van der Waals surface area contributed by atoms with E-state index in [9.17, 15) is 13.2 Å². The molecule has 0 radical (unpaired) electrons. The van der Waals surface area contributed by atoms with Crippen LogP contribution in [0, 0.1) is 6.92 Å². The van der Waals surface area contributed by atoms with Crippen molar-refractivity contribution in [3.63, 3.8) is 0 Å². The maximum atomic E-state index is 12.7. The second kappa shape index (κ2) is 8.48. The number of sulfonamides is 1. The number of aryl methyl sites for hydroxylation is 3. The van der Waals surface area contributed by atoms with Crippen LogP contribution in [-0.4, -0.2) is 24.1 Å². The molecule has 0 aliphatic heterocycles. The third kappa shape index (κ3) is 5.03. The van der Waals surface area contributed by atoms with Crippen molar-refractivity contribution in [3.05, 3.63) is 77.1 Å². The molecule has 0 aliphatic rings. The van der Waals surface area contributed by atoms with Gasteiger partial charge < -0.3 is 5.32 Å². The summed E-state index contributed by atoms with van der Waals surface area (Å²) in [6.45, 7) is 4.14. The van der Waals surface area contributed by atoms with Gasteiger partial charge in [0.15, 0.2) is 0 Å². The van der Waals surface area contributed by atoms with E-state index in [0.717, 1.165) is 23.1 Å². The number of rotatable bonds is 7. The van der Waals surface area contributed by atoms with Gasteiger partial charge >= 0.3 is 0 Å². The lowest BCUT2D eigenvalue weighted by molar-refractivity contribution is 0.0951. The van der Waals surface area contributed by atoms with Gasteiger partial charge in [0.05, 0.1) is 16.8 Å². The van der Waals surface area contributed by atoms with Crippen LogP contribution in [-0.2, 0) is 30.0 Å². The summed E-state index contributed by atoms with van der Waals surface area (Å²) in [5, 5.41) is 6.87. The molecule has 0 bridgehead atoms. The van der Waals surface area contributed by atoms with Crippen LogP contribution < -0.4 is 10.0 Å². The summed E-state index contributed by atoms with van der Waals surface area (Å²) in [5.74, 6) is -0.290. The van der Waals surface area contributed by atoms with Gasteiger partial charge in [0.2, 0.25) is 0 Å². The standard InChI is InChI=1S/C21H24N4O3S/c1-4-16-6-9-19(10-7-16)29(27,28)24-20-11-18(8-5-15(20)2)21(26)22-12-17-13-23-25(3)14-17/h5-11,13-14,24H,4,12H2,1-3H3,(H,22,26). The lowest BCUT2D eigenvalue weighted by Crippen LogP contribution is -2.23. The molecule has 0 saturated heterocycles. The Hall–Kier alpha value is -3.13. The maximum Gasteiger partial charge on any atom is 0.261 e. The van der Waals surface area contributed by atoms with E-state index in [1.807, 2.05) is 13.1 Å². The molecule has 152 valence electrons. The van der Waals surface area contributed by atoms with Crippen LogP contribution in [0.3, 0.4) is 0 Å². The zero-order valence-electron chi connectivity index (χ0n) is 16.6. The highest BCUT2D eigenvalue weighted by Crippen LogP contribution is 2.22. The number of anilines is 1. The predicted octanol–water partition coefficient (Wildman–Crippen LogP) is 3.02. The topological polar surface area (TPSA) is 93.1 Å². The number of carbonyl (C=O) groups excluding carboxylic acids is 1. The molecule has 2 aromatic carbocycles. The van der Waals surface area contributed by atoms with Crippen molar-refractivity contribution in [1.29, 1.82) is 0 Å². The molecule has 7 nitrogen and oxygen atoms in total. The first-order chi connectivity index (χ1) is 13.8. The van der Waals surface area contributed by atoms with Gasteiger partial charge in [-0.05, 0) is 48.7 Å². The fraction of sp³-hybridized carbons (Fsp3) is 0.238. The van der Waals surface area contributed by atoms with Gasteiger partial charge in [-0.25, -0.2) is 8.42 Å². The number of hydrogen-bond acceptors (Lipinski definition) is 4. The Bertz CT molecular complexity index is 1120. The van der Waals surface area contributed by atoms with Crippen LogP contribution in [0.5, 0.6) is 0 Å². The van der Waals surface area contributed by atoms with Crippen molar-refractivity contribution in [2.45, 2.75) is 31.7 Å². The van der Waals surface area contributed by atoms with Crippen molar-refractivity contribution in [2.24, 2.45) is 7.05 Å². The highest BCUT2D eigenvalue weighted by molar-refractivity contribution is 7.92. The molecule has 0 aliphatic carbocycles. The van der Waals surface area contributed by atoms with E-state index >= 15 is 0 Å². The van der Waals surface area contributed by atoms with Gasteiger partial charge in [0, 0.05) is 30.9 Å². The lowest BCUT2D eigenvalue weighted by Gasteiger charge is -2.13. The van der Waals surface area contributed by atoms with E-state index < -0.39 is 10.0 Å². The highest BCUT2D eigenvalue weighted by atomic mass is 32.2. The van der Waals surface area contributed by atoms with Crippen molar-refractivity contribution in [1.82, 2.24) is 15.1 Å². The van der Waals surface area contributed by atoms with Crippen molar-refractivity contribution < 1.29 is 13.2 Å². The number of benzene rings is 2. The molecule has 0 saturated carbocycles. The summed E-state index contributed by atoms with van der Waals surface area (Å²) in [5.41, 5.74) is 3.41. The van der Waals surface area contributed by atoms with E-state index in [-0.39, 0.29) is 10.8 Å². The number of aromatic nitrogens is 2. The van der Waals surface area contributed by atoms with Crippen LogP contribution in [0.1, 0.15) is 34.0 Å². The molecule has 3 aromatic rings. The zero-order valence-corrected chi connectivity index (χ0v) is 17.5. The lowest BCUT2D eigenvalue weighted by atomic mass is 10.1. The number of amides is 1. The molecule has 1 amide bonds. The van der Waals surface area contributed by atoms with Gasteiger partial charge in [-0.2, -0.15) is 5.10 Å². The molecule has 2 N–H and O–H groups in total. The fourth-order valence-corrected chi connectivity index (χ4v) is 3.95. The molecule has 1 aromatic heterocycles. The molecule has 0 atom stereocenters. The average Bonchev–Trinajstić information content (AvgIpc) is 3.13. The second-order valence-corrected chi connectivity index (χ2v) is 8.52. The minimum absolute atomic E-state index is 0.181. The zero-order chi connectivity index (χ0) is 21.0. The molecular weight excluding hydrogens is 388 g/mol. The molecular formula is C21H24N4O3S. The molecule has 0 fully saturated rings. The third-order valence-corrected chi connectivity index (χ3v) is 5.98. The van der Waals surface area contributed by atoms with Gasteiger partial charge in [0.1, 0.15) is 0 Å². The normalized spacial score (nSPS) is 11.3. The SMILES string of the molecule is CCc1ccc(S(=O)(=O)Nc2cc(C(=O)NCc3cnn(C)c3)ccc2C)cc1. The van der Waals surface area contributed by atoms with E-state index in [2.05, 4.69) is 15.1 Å². The first-order valence-corrected chi connectivity index (χ1v) is 10.7. The largest absolute Gasteiger partial charge is 0.348 e. The van der Waals surface area contributed by atoms with E-state index in [0.29, 0.717) is 17.8 Å². The Morgan fingerprint density at radius 3 is 2.45 bits per heavy atom. The number of hydrogen-bond donors (Lipinski definition) is 2. The minimum Gasteiger partial charge on any atom is -0.348 e. The summed E-state index contributed by atoms with van der Waals surface area (Å²) >= 11 is 0. The first kappa shape index (κ1) is 20.6. The summed E-state index contributed by atoms with van der Waals surface area (Å²) in [7, 11) is -1.94. The van der Waals surface area contributed by atoms with Crippen LogP contribution in [0.4, 0.5) is 5.69 Å². The van der Waals surface area contributed by atoms with E-state index in [1.165, 1.54) is 0 Å². The van der Waals surface area contributed by atoms with Crippen molar-refractivity contribution >= 4 is 21.6 Å². The average molecular weight is 413 g/mol. The Labute approximate surface area is 170 Å². The molecule has 0 spiro atoms. The molecule has 0 unspecified atom stereocenters. The Kier molecular flexibility index (Phi) is 6.03. The Balaban J connectivity index is 1.76. The molecule has 3 rings (SSSR count). The van der Waals surface area contributed by atoms with E-state index in [1.54, 1.807) is 67.3 Å². The van der Waals surface area contributed by atoms with E-state index in [4.69, 9.17) is 0 Å². The number of carbonyl (C=O) groups is 1. The predicted molar refractivity (Wildman–Crippen MR) is 112 cm³/mol. The van der Waals surface area contributed by atoms with Crippen LogP contribution in [0.25, 0.3) is 0 Å². The number of nitrogens with one attached hydrogen (secondary N) is 2. The van der Waals surface area contributed by atoms with Crippen LogP contribution in [0.2, 0.25) is 0 Å². The minimum atomic E-state index is -3.75. The summed E-state index contributed by atoms with van der Waals surface area (Å²) < 4.78 is 29.7. The van der Waals surface area contributed by atoms with Crippen molar-refractivity contribution in [3.8, 4) is 0 Å². The van der Waals surface area contributed by atoms with Crippen LogP contribution >= 0.6 is 0 Å². The number of nitrogens with zero attached hydrogens (tertiary/aromatic N) is 2. The smallest absolute Gasteiger partial charge is 0.261 e. The summed E-state index contributed by atoms with van der Waals surface area (Å²) in [4.78, 5) is 12.7. The van der Waals surface area contributed by atoms with Crippen LogP contribution in [0.15, 0.2) is 59.8 Å². The third-order valence-electron chi connectivity index (χ3n) is 4.60. The van der Waals surface area contributed by atoms with Gasteiger partial charge in [-0.3, -0.25) is 14.2 Å². The monoisotopic (exact) mass is 412 g/mol. The highest BCUT2D eigenvalue weighted by Gasteiger charge is 2.17. The Morgan fingerprint density at radius 1 is 1.10 bits per heavy atom.